The number of carbonyl (C=O) groups is 2. The SMILES string of the molecule is C=C(CCNC(=O)c1cc2n(n1)CCCN2)NC(=O)COc1ccc(Cl)c(F)c1. The van der Waals surface area contributed by atoms with Gasteiger partial charge < -0.3 is 20.7 Å². The summed E-state index contributed by atoms with van der Waals surface area (Å²) < 4.78 is 20.3. The number of halogens is 2. The first-order chi connectivity index (χ1) is 13.9. The summed E-state index contributed by atoms with van der Waals surface area (Å²) in [7, 11) is 0. The second-order valence-electron chi connectivity index (χ2n) is 6.44. The average molecular weight is 422 g/mol. The van der Waals surface area contributed by atoms with Crippen LogP contribution in [0.15, 0.2) is 36.5 Å². The Morgan fingerprint density at radius 3 is 2.97 bits per heavy atom. The van der Waals surface area contributed by atoms with Crippen LogP contribution in [0.3, 0.4) is 0 Å². The van der Waals surface area contributed by atoms with Crippen LogP contribution in [0.1, 0.15) is 23.3 Å². The molecule has 1 aromatic carbocycles. The predicted molar refractivity (Wildman–Crippen MR) is 106 cm³/mol. The van der Waals surface area contributed by atoms with E-state index in [9.17, 15) is 14.0 Å². The van der Waals surface area contributed by atoms with Crippen LogP contribution >= 0.6 is 11.6 Å². The van der Waals surface area contributed by atoms with Crippen molar-refractivity contribution in [1.82, 2.24) is 20.4 Å². The van der Waals surface area contributed by atoms with E-state index in [0.717, 1.165) is 31.4 Å². The molecule has 3 rings (SSSR count). The highest BCUT2D eigenvalue weighted by Crippen LogP contribution is 2.20. The van der Waals surface area contributed by atoms with E-state index in [1.807, 2.05) is 0 Å². The molecule has 2 heterocycles. The number of amides is 2. The fourth-order valence-electron chi connectivity index (χ4n) is 2.71. The summed E-state index contributed by atoms with van der Waals surface area (Å²) in [5.74, 6) is -0.333. The molecule has 10 heteroatoms. The van der Waals surface area contributed by atoms with E-state index in [4.69, 9.17) is 16.3 Å². The number of rotatable bonds is 8. The van der Waals surface area contributed by atoms with E-state index in [-0.39, 0.29) is 29.8 Å². The Hall–Kier alpha value is -3.07. The molecule has 154 valence electrons. The van der Waals surface area contributed by atoms with Gasteiger partial charge in [-0.1, -0.05) is 18.2 Å². The molecule has 29 heavy (non-hydrogen) atoms. The zero-order valence-corrected chi connectivity index (χ0v) is 16.4. The van der Waals surface area contributed by atoms with Crippen LogP contribution in [0.4, 0.5) is 10.2 Å². The van der Waals surface area contributed by atoms with Crippen LogP contribution in [0, 0.1) is 5.82 Å². The second-order valence-corrected chi connectivity index (χ2v) is 6.85. The molecule has 1 aromatic heterocycles. The first kappa shape index (κ1) is 20.7. The fourth-order valence-corrected chi connectivity index (χ4v) is 2.83. The predicted octanol–water partition coefficient (Wildman–Crippen LogP) is 2.32. The van der Waals surface area contributed by atoms with E-state index < -0.39 is 11.7 Å². The Labute approximate surface area is 172 Å². The summed E-state index contributed by atoms with van der Waals surface area (Å²) in [4.78, 5) is 24.1. The van der Waals surface area contributed by atoms with Gasteiger partial charge in [0.2, 0.25) is 0 Å². The highest BCUT2D eigenvalue weighted by atomic mass is 35.5. The third-order valence-corrected chi connectivity index (χ3v) is 4.46. The minimum absolute atomic E-state index is 0.0239. The summed E-state index contributed by atoms with van der Waals surface area (Å²) in [6.07, 6.45) is 1.31. The minimum atomic E-state index is -0.626. The number of aromatic nitrogens is 2. The number of hydrogen-bond acceptors (Lipinski definition) is 5. The van der Waals surface area contributed by atoms with Gasteiger partial charge in [-0.3, -0.25) is 9.59 Å². The maximum absolute atomic E-state index is 13.3. The minimum Gasteiger partial charge on any atom is -0.484 e. The van der Waals surface area contributed by atoms with E-state index in [1.54, 1.807) is 10.7 Å². The number of carbonyl (C=O) groups excluding carboxylic acids is 2. The Morgan fingerprint density at radius 2 is 2.21 bits per heavy atom. The van der Waals surface area contributed by atoms with Crippen molar-refractivity contribution < 1.29 is 18.7 Å². The molecule has 1 aliphatic heterocycles. The monoisotopic (exact) mass is 421 g/mol. The lowest BCUT2D eigenvalue weighted by Gasteiger charge is -2.14. The fraction of sp³-hybridized carbons (Fsp3) is 0.316. The van der Waals surface area contributed by atoms with Gasteiger partial charge >= 0.3 is 0 Å². The zero-order valence-electron chi connectivity index (χ0n) is 15.6. The van der Waals surface area contributed by atoms with Crippen LogP contribution in [-0.4, -0.2) is 41.3 Å². The summed E-state index contributed by atoms with van der Waals surface area (Å²) in [6, 6.07) is 5.62. The number of fused-ring (bicyclic) bond motifs is 1. The van der Waals surface area contributed by atoms with Crippen molar-refractivity contribution in [3.63, 3.8) is 0 Å². The first-order valence-electron chi connectivity index (χ1n) is 9.08. The van der Waals surface area contributed by atoms with E-state index in [1.165, 1.54) is 12.1 Å². The number of aryl methyl sites for hydroxylation is 1. The molecule has 0 radical (unpaired) electrons. The maximum Gasteiger partial charge on any atom is 0.271 e. The van der Waals surface area contributed by atoms with Crippen molar-refractivity contribution in [1.29, 1.82) is 0 Å². The van der Waals surface area contributed by atoms with Gasteiger partial charge in [0.15, 0.2) is 12.3 Å². The van der Waals surface area contributed by atoms with Crippen molar-refractivity contribution in [3.05, 3.63) is 53.1 Å². The molecule has 0 bridgehead atoms. The number of anilines is 1. The topological polar surface area (TPSA) is 97.3 Å². The molecule has 0 unspecified atom stereocenters. The Kier molecular flexibility index (Phi) is 6.71. The zero-order chi connectivity index (χ0) is 20.8. The lowest BCUT2D eigenvalue weighted by Crippen LogP contribution is -2.31. The average Bonchev–Trinajstić information content (AvgIpc) is 3.13. The molecule has 2 amide bonds. The molecule has 2 aromatic rings. The van der Waals surface area contributed by atoms with Gasteiger partial charge in [-0.25, -0.2) is 9.07 Å². The molecular weight excluding hydrogens is 401 g/mol. The van der Waals surface area contributed by atoms with Gasteiger partial charge in [0.25, 0.3) is 11.8 Å². The van der Waals surface area contributed by atoms with Gasteiger partial charge in [-0.05, 0) is 18.6 Å². The van der Waals surface area contributed by atoms with Gasteiger partial charge in [0, 0.05) is 43.9 Å². The number of nitrogens with one attached hydrogen (secondary N) is 3. The van der Waals surface area contributed by atoms with Crippen LogP contribution in [-0.2, 0) is 11.3 Å². The summed E-state index contributed by atoms with van der Waals surface area (Å²) in [5.41, 5.74) is 0.764. The van der Waals surface area contributed by atoms with Crippen LogP contribution in [0.2, 0.25) is 5.02 Å². The molecule has 1 aliphatic rings. The third-order valence-electron chi connectivity index (χ3n) is 4.15. The number of benzene rings is 1. The molecular formula is C19H21ClFN5O3. The van der Waals surface area contributed by atoms with Crippen LogP contribution in [0.5, 0.6) is 5.75 Å². The first-order valence-corrected chi connectivity index (χ1v) is 9.45. The maximum atomic E-state index is 13.3. The van der Waals surface area contributed by atoms with E-state index >= 15 is 0 Å². The van der Waals surface area contributed by atoms with Crippen molar-refractivity contribution in [3.8, 4) is 5.75 Å². The molecule has 0 aliphatic carbocycles. The van der Waals surface area contributed by atoms with Crippen molar-refractivity contribution in [2.75, 3.05) is 25.0 Å². The van der Waals surface area contributed by atoms with Crippen LogP contribution < -0.4 is 20.7 Å². The van der Waals surface area contributed by atoms with Crippen molar-refractivity contribution in [2.45, 2.75) is 19.4 Å². The molecule has 8 nitrogen and oxygen atoms in total. The summed E-state index contributed by atoms with van der Waals surface area (Å²) in [6.45, 7) is 5.38. The Morgan fingerprint density at radius 1 is 1.38 bits per heavy atom. The standard InChI is InChI=1S/C19H21ClFN5O3/c1-12(24-18(27)11-29-13-3-4-14(20)15(21)9-13)5-7-23-19(28)16-10-17-22-6-2-8-26(17)25-16/h3-4,9-10,22H,1-2,5-8,11H2,(H,23,28)(H,24,27). The molecule has 0 spiro atoms. The lowest BCUT2D eigenvalue weighted by molar-refractivity contribution is -0.122. The smallest absolute Gasteiger partial charge is 0.271 e. The van der Waals surface area contributed by atoms with Gasteiger partial charge in [0.1, 0.15) is 17.4 Å². The van der Waals surface area contributed by atoms with Gasteiger partial charge in [0.05, 0.1) is 5.02 Å². The number of hydrogen-bond donors (Lipinski definition) is 3. The normalized spacial score (nSPS) is 12.5. The van der Waals surface area contributed by atoms with E-state index in [2.05, 4.69) is 27.6 Å². The number of nitrogens with zero attached hydrogens (tertiary/aromatic N) is 2. The lowest BCUT2D eigenvalue weighted by atomic mass is 10.3. The quantitative estimate of drug-likeness (QED) is 0.607. The molecule has 0 fully saturated rings. The Bertz CT molecular complexity index is 907. The second kappa shape index (κ2) is 9.42. The molecule has 0 saturated carbocycles. The molecule has 0 atom stereocenters. The highest BCUT2D eigenvalue weighted by Gasteiger charge is 2.16. The van der Waals surface area contributed by atoms with E-state index in [0.29, 0.717) is 17.8 Å². The Balaban J connectivity index is 1.36. The summed E-state index contributed by atoms with van der Waals surface area (Å²) in [5, 5.41) is 12.7. The van der Waals surface area contributed by atoms with Gasteiger partial charge in [-0.2, -0.15) is 5.10 Å². The van der Waals surface area contributed by atoms with Gasteiger partial charge in [-0.15, -0.1) is 0 Å². The van der Waals surface area contributed by atoms with Crippen molar-refractivity contribution >= 4 is 29.2 Å². The summed E-state index contributed by atoms with van der Waals surface area (Å²) >= 11 is 5.59. The molecule has 3 N–H and O–H groups in total. The van der Waals surface area contributed by atoms with Crippen LogP contribution in [0.25, 0.3) is 0 Å². The molecule has 0 saturated heterocycles. The third kappa shape index (κ3) is 5.71. The highest BCUT2D eigenvalue weighted by molar-refractivity contribution is 6.30. The van der Waals surface area contributed by atoms with Crippen molar-refractivity contribution in [2.24, 2.45) is 0 Å². The number of ether oxygens (including phenoxy) is 1. The largest absolute Gasteiger partial charge is 0.484 e.